The molecule has 2 rings (SSSR count). The van der Waals surface area contributed by atoms with Gasteiger partial charge in [-0.3, -0.25) is 0 Å². The van der Waals surface area contributed by atoms with Crippen molar-refractivity contribution in [3.8, 4) is 11.3 Å². The number of rotatable bonds is 6. The number of carbonyl (C=O) groups excluding carboxylic acids is 1. The average Bonchev–Trinajstić information content (AvgIpc) is 2.92. The summed E-state index contributed by atoms with van der Waals surface area (Å²) in [6, 6.07) is 5.64. The predicted molar refractivity (Wildman–Crippen MR) is 88.4 cm³/mol. The summed E-state index contributed by atoms with van der Waals surface area (Å²) in [5.41, 5.74) is 3.18. The molecule has 0 saturated carbocycles. The molecule has 0 amide bonds. The van der Waals surface area contributed by atoms with E-state index in [9.17, 15) is 4.79 Å². The Hall–Kier alpha value is -1.75. The van der Waals surface area contributed by atoms with Crippen molar-refractivity contribution < 1.29 is 14.1 Å². The van der Waals surface area contributed by atoms with Crippen LogP contribution in [0.1, 0.15) is 41.4 Å². The second-order valence-electron chi connectivity index (χ2n) is 5.14. The van der Waals surface area contributed by atoms with E-state index in [1.54, 1.807) is 11.8 Å². The molecule has 1 aromatic carbocycles. The maximum Gasteiger partial charge on any atom is 0.338 e. The average molecular weight is 319 g/mol. The molecule has 0 radical (unpaired) electrons. The molecule has 118 valence electrons. The Balaban J connectivity index is 2.40. The van der Waals surface area contributed by atoms with Gasteiger partial charge in [-0.15, -0.1) is 11.8 Å². The SMILES string of the molecule is CCCCOC(=O)c1ccc(SC)c(-c2cc(C)no2)c1C. The Bertz CT molecular complexity index is 664. The van der Waals surface area contributed by atoms with E-state index in [0.717, 1.165) is 34.6 Å². The second kappa shape index (κ2) is 7.49. The molecule has 0 fully saturated rings. The molecule has 2 aromatic rings. The third-order valence-corrected chi connectivity index (χ3v) is 4.25. The first kappa shape index (κ1) is 16.6. The Kier molecular flexibility index (Phi) is 5.66. The highest BCUT2D eigenvalue weighted by Gasteiger charge is 2.19. The van der Waals surface area contributed by atoms with Crippen LogP contribution in [0.4, 0.5) is 0 Å². The van der Waals surface area contributed by atoms with Crippen LogP contribution in [0.5, 0.6) is 0 Å². The first-order chi connectivity index (χ1) is 10.6. The van der Waals surface area contributed by atoms with Gasteiger partial charge in [-0.1, -0.05) is 18.5 Å². The molecular formula is C17H21NO3S. The zero-order valence-corrected chi connectivity index (χ0v) is 14.3. The summed E-state index contributed by atoms with van der Waals surface area (Å²) in [4.78, 5) is 13.3. The fraction of sp³-hybridized carbons (Fsp3) is 0.412. The molecule has 0 atom stereocenters. The number of hydrogen-bond donors (Lipinski definition) is 0. The van der Waals surface area contributed by atoms with Crippen molar-refractivity contribution in [1.82, 2.24) is 5.16 Å². The van der Waals surface area contributed by atoms with E-state index >= 15 is 0 Å². The lowest BCUT2D eigenvalue weighted by atomic mass is 10.00. The Labute approximate surface area is 135 Å². The van der Waals surface area contributed by atoms with Gasteiger partial charge in [0.15, 0.2) is 5.76 Å². The number of carbonyl (C=O) groups is 1. The zero-order valence-electron chi connectivity index (χ0n) is 13.4. The van der Waals surface area contributed by atoms with Crippen LogP contribution in [0, 0.1) is 13.8 Å². The van der Waals surface area contributed by atoms with Crippen molar-refractivity contribution >= 4 is 17.7 Å². The number of ether oxygens (including phenoxy) is 1. The van der Waals surface area contributed by atoms with Crippen LogP contribution < -0.4 is 0 Å². The van der Waals surface area contributed by atoms with Crippen LogP contribution in [-0.4, -0.2) is 24.0 Å². The van der Waals surface area contributed by atoms with Gasteiger partial charge in [-0.25, -0.2) is 4.79 Å². The van der Waals surface area contributed by atoms with E-state index in [0.29, 0.717) is 17.9 Å². The van der Waals surface area contributed by atoms with Gasteiger partial charge in [-0.05, 0) is 44.2 Å². The molecule has 0 aliphatic rings. The minimum Gasteiger partial charge on any atom is -0.462 e. The second-order valence-corrected chi connectivity index (χ2v) is 5.99. The molecule has 0 aliphatic heterocycles. The zero-order chi connectivity index (χ0) is 16.1. The number of nitrogens with zero attached hydrogens (tertiary/aromatic N) is 1. The summed E-state index contributed by atoms with van der Waals surface area (Å²) in [5.74, 6) is 0.402. The smallest absolute Gasteiger partial charge is 0.338 e. The fourth-order valence-electron chi connectivity index (χ4n) is 2.25. The number of thioether (sulfide) groups is 1. The third-order valence-electron chi connectivity index (χ3n) is 3.47. The fourth-order valence-corrected chi connectivity index (χ4v) is 2.91. The van der Waals surface area contributed by atoms with E-state index in [2.05, 4.69) is 12.1 Å². The van der Waals surface area contributed by atoms with Gasteiger partial charge in [-0.2, -0.15) is 0 Å². The standard InChI is InChI=1S/C17H21NO3S/c1-5-6-9-20-17(19)13-7-8-15(22-4)16(12(13)3)14-10-11(2)18-21-14/h7-8,10H,5-6,9H2,1-4H3. The monoisotopic (exact) mass is 319 g/mol. The van der Waals surface area contributed by atoms with Crippen LogP contribution in [-0.2, 0) is 4.74 Å². The lowest BCUT2D eigenvalue weighted by Gasteiger charge is -2.12. The Morgan fingerprint density at radius 1 is 1.36 bits per heavy atom. The van der Waals surface area contributed by atoms with Gasteiger partial charge in [0.25, 0.3) is 0 Å². The van der Waals surface area contributed by atoms with E-state index in [4.69, 9.17) is 9.26 Å². The molecule has 22 heavy (non-hydrogen) atoms. The van der Waals surface area contributed by atoms with E-state index in [1.807, 2.05) is 38.3 Å². The summed E-state index contributed by atoms with van der Waals surface area (Å²) in [6.07, 6.45) is 3.88. The van der Waals surface area contributed by atoms with Crippen LogP contribution in [0.2, 0.25) is 0 Å². The molecule has 4 nitrogen and oxygen atoms in total. The molecule has 0 unspecified atom stereocenters. The van der Waals surface area contributed by atoms with Gasteiger partial charge < -0.3 is 9.26 Å². The molecule has 1 heterocycles. The first-order valence-electron chi connectivity index (χ1n) is 7.36. The summed E-state index contributed by atoms with van der Waals surface area (Å²) in [5, 5.41) is 3.94. The van der Waals surface area contributed by atoms with Crippen molar-refractivity contribution in [1.29, 1.82) is 0 Å². The summed E-state index contributed by atoms with van der Waals surface area (Å²) >= 11 is 1.62. The number of hydrogen-bond acceptors (Lipinski definition) is 5. The van der Waals surface area contributed by atoms with Crippen molar-refractivity contribution in [3.05, 3.63) is 35.0 Å². The first-order valence-corrected chi connectivity index (χ1v) is 8.59. The van der Waals surface area contributed by atoms with E-state index in [1.165, 1.54) is 0 Å². The quantitative estimate of drug-likeness (QED) is 0.441. The summed E-state index contributed by atoms with van der Waals surface area (Å²) in [6.45, 7) is 6.32. The highest BCUT2D eigenvalue weighted by atomic mass is 32.2. The van der Waals surface area contributed by atoms with Crippen molar-refractivity contribution in [2.45, 2.75) is 38.5 Å². The lowest BCUT2D eigenvalue weighted by Crippen LogP contribution is -2.09. The minimum absolute atomic E-state index is 0.281. The maximum atomic E-state index is 12.3. The van der Waals surface area contributed by atoms with Crippen LogP contribution in [0.3, 0.4) is 0 Å². The Morgan fingerprint density at radius 3 is 2.73 bits per heavy atom. The number of benzene rings is 1. The number of esters is 1. The maximum absolute atomic E-state index is 12.3. The van der Waals surface area contributed by atoms with Crippen molar-refractivity contribution in [3.63, 3.8) is 0 Å². The van der Waals surface area contributed by atoms with E-state index in [-0.39, 0.29) is 5.97 Å². The Morgan fingerprint density at radius 2 is 2.14 bits per heavy atom. The molecule has 0 N–H and O–H groups in total. The van der Waals surface area contributed by atoms with Gasteiger partial charge in [0.1, 0.15) is 0 Å². The summed E-state index contributed by atoms with van der Waals surface area (Å²) < 4.78 is 10.7. The van der Waals surface area contributed by atoms with Crippen LogP contribution in [0.25, 0.3) is 11.3 Å². The molecule has 0 saturated heterocycles. The molecule has 0 bridgehead atoms. The number of aromatic nitrogens is 1. The number of aryl methyl sites for hydroxylation is 1. The lowest BCUT2D eigenvalue weighted by molar-refractivity contribution is 0.0499. The summed E-state index contributed by atoms with van der Waals surface area (Å²) in [7, 11) is 0. The topological polar surface area (TPSA) is 52.3 Å². The van der Waals surface area contributed by atoms with Gasteiger partial charge in [0.05, 0.1) is 17.9 Å². The largest absolute Gasteiger partial charge is 0.462 e. The van der Waals surface area contributed by atoms with Gasteiger partial charge in [0, 0.05) is 16.5 Å². The minimum atomic E-state index is -0.281. The molecule has 0 aliphatic carbocycles. The third kappa shape index (κ3) is 3.53. The molecule has 0 spiro atoms. The molecular weight excluding hydrogens is 298 g/mol. The number of unbranched alkanes of at least 4 members (excludes halogenated alkanes) is 1. The highest BCUT2D eigenvalue weighted by Crippen LogP contribution is 2.35. The molecule has 1 aromatic heterocycles. The van der Waals surface area contributed by atoms with Crippen molar-refractivity contribution in [2.75, 3.05) is 12.9 Å². The van der Waals surface area contributed by atoms with Crippen LogP contribution in [0.15, 0.2) is 27.6 Å². The van der Waals surface area contributed by atoms with Crippen molar-refractivity contribution in [2.24, 2.45) is 0 Å². The van der Waals surface area contributed by atoms with Gasteiger partial charge >= 0.3 is 5.97 Å². The van der Waals surface area contributed by atoms with Crippen LogP contribution >= 0.6 is 11.8 Å². The molecule has 5 heteroatoms. The van der Waals surface area contributed by atoms with E-state index < -0.39 is 0 Å². The predicted octanol–water partition coefficient (Wildman–Crippen LogP) is 4.64. The van der Waals surface area contributed by atoms with Gasteiger partial charge in [0.2, 0.25) is 0 Å². The normalized spacial score (nSPS) is 10.7. The highest BCUT2D eigenvalue weighted by molar-refractivity contribution is 7.98.